The van der Waals surface area contributed by atoms with E-state index < -0.39 is 0 Å². The molecule has 3 rings (SSSR count). The number of rotatable bonds is 4. The summed E-state index contributed by atoms with van der Waals surface area (Å²) in [5.41, 5.74) is 1.24. The maximum absolute atomic E-state index is 12.7. The van der Waals surface area contributed by atoms with Gasteiger partial charge in [-0.15, -0.1) is 11.3 Å². The highest BCUT2D eigenvalue weighted by atomic mass is 35.5. The van der Waals surface area contributed by atoms with Crippen LogP contribution >= 0.6 is 35.2 Å². The highest BCUT2D eigenvalue weighted by molar-refractivity contribution is 7.71. The summed E-state index contributed by atoms with van der Waals surface area (Å²) in [4.78, 5) is 29.9. The number of carbonyl (C=O) groups is 1. The van der Waals surface area contributed by atoms with E-state index in [0.29, 0.717) is 16.1 Å². The van der Waals surface area contributed by atoms with E-state index in [0.717, 1.165) is 21.7 Å². The summed E-state index contributed by atoms with van der Waals surface area (Å²) in [7, 11) is 0. The molecule has 2 aromatic heterocycles. The molecule has 0 saturated heterocycles. The number of aromatic amines is 1. The van der Waals surface area contributed by atoms with Crippen LogP contribution in [-0.2, 0) is 17.8 Å². The van der Waals surface area contributed by atoms with Gasteiger partial charge in [0.25, 0.3) is 5.56 Å². The van der Waals surface area contributed by atoms with Crippen molar-refractivity contribution >= 4 is 57.0 Å². The van der Waals surface area contributed by atoms with Gasteiger partial charge in [0.05, 0.1) is 5.39 Å². The summed E-state index contributed by atoms with van der Waals surface area (Å²) < 4.78 is 1.51. The van der Waals surface area contributed by atoms with Gasteiger partial charge in [0, 0.05) is 15.6 Å². The van der Waals surface area contributed by atoms with E-state index >= 15 is 0 Å². The van der Waals surface area contributed by atoms with Crippen LogP contribution in [0.25, 0.3) is 10.2 Å². The minimum atomic E-state index is -0.336. The average Bonchev–Trinajstić information content (AvgIpc) is 2.98. The van der Waals surface area contributed by atoms with Gasteiger partial charge >= 0.3 is 0 Å². The van der Waals surface area contributed by atoms with Gasteiger partial charge in [-0.25, -0.2) is 0 Å². The van der Waals surface area contributed by atoms with E-state index in [1.807, 2.05) is 26.0 Å². The van der Waals surface area contributed by atoms with Crippen molar-refractivity contribution in [2.75, 3.05) is 5.32 Å². The summed E-state index contributed by atoms with van der Waals surface area (Å²) in [6, 6.07) is 7.10. The number of aromatic nitrogens is 2. The maximum Gasteiger partial charge on any atom is 0.263 e. The Morgan fingerprint density at radius 3 is 2.88 bits per heavy atom. The molecular weight excluding hydrogens is 378 g/mol. The zero-order valence-electron chi connectivity index (χ0n) is 13.7. The number of hydrogen-bond acceptors (Lipinski definition) is 4. The number of anilines is 1. The van der Waals surface area contributed by atoms with Crippen LogP contribution in [0.3, 0.4) is 0 Å². The Morgan fingerprint density at radius 1 is 1.40 bits per heavy atom. The lowest BCUT2D eigenvalue weighted by atomic mass is 10.2. The molecule has 5 nitrogen and oxygen atoms in total. The Labute approximate surface area is 158 Å². The van der Waals surface area contributed by atoms with Crippen LogP contribution in [0.4, 0.5) is 5.69 Å². The number of fused-ring (bicyclic) bond motifs is 1. The first-order chi connectivity index (χ1) is 11.9. The van der Waals surface area contributed by atoms with E-state index in [-0.39, 0.29) is 22.8 Å². The van der Waals surface area contributed by atoms with Crippen LogP contribution in [0.2, 0.25) is 5.02 Å². The summed E-state index contributed by atoms with van der Waals surface area (Å²) in [5, 5.41) is 3.87. The Balaban J connectivity index is 1.92. The molecule has 0 unspecified atom stereocenters. The molecule has 2 heterocycles. The maximum atomic E-state index is 12.7. The fraction of sp³-hybridized carbons (Fsp3) is 0.235. The number of halogens is 1. The second-order valence-electron chi connectivity index (χ2n) is 5.64. The summed E-state index contributed by atoms with van der Waals surface area (Å²) in [6.07, 6.45) is 0.841. The molecule has 8 heteroatoms. The molecule has 0 spiro atoms. The number of amides is 1. The predicted molar refractivity (Wildman–Crippen MR) is 105 cm³/mol. The van der Waals surface area contributed by atoms with Gasteiger partial charge in [0.15, 0.2) is 4.77 Å². The van der Waals surface area contributed by atoms with Crippen LogP contribution in [0.1, 0.15) is 17.4 Å². The number of nitrogens with one attached hydrogen (secondary N) is 2. The van der Waals surface area contributed by atoms with Gasteiger partial charge < -0.3 is 10.3 Å². The molecule has 0 saturated carbocycles. The highest BCUT2D eigenvalue weighted by Gasteiger charge is 2.13. The Hall–Kier alpha value is -1.96. The van der Waals surface area contributed by atoms with Crippen molar-refractivity contribution in [3.05, 3.63) is 54.9 Å². The topological polar surface area (TPSA) is 66.9 Å². The van der Waals surface area contributed by atoms with Crippen LogP contribution < -0.4 is 10.9 Å². The zero-order chi connectivity index (χ0) is 18.1. The smallest absolute Gasteiger partial charge is 0.263 e. The van der Waals surface area contributed by atoms with Gasteiger partial charge in [-0.05, 0) is 49.3 Å². The monoisotopic (exact) mass is 393 g/mol. The lowest BCUT2D eigenvalue weighted by Crippen LogP contribution is -2.28. The Bertz CT molecular complexity index is 1080. The van der Waals surface area contributed by atoms with Gasteiger partial charge in [0.1, 0.15) is 11.4 Å². The minimum Gasteiger partial charge on any atom is -0.324 e. The summed E-state index contributed by atoms with van der Waals surface area (Å²) >= 11 is 12.7. The molecule has 0 aliphatic carbocycles. The van der Waals surface area contributed by atoms with Gasteiger partial charge in [-0.1, -0.05) is 24.6 Å². The van der Waals surface area contributed by atoms with Crippen molar-refractivity contribution in [2.24, 2.45) is 0 Å². The number of benzene rings is 1. The van der Waals surface area contributed by atoms with E-state index in [1.165, 1.54) is 15.9 Å². The lowest BCUT2D eigenvalue weighted by molar-refractivity contribution is -0.116. The molecule has 1 amide bonds. The molecule has 0 fully saturated rings. The lowest BCUT2D eigenvalue weighted by Gasteiger charge is -2.10. The SMILES string of the molecule is CCc1cc2c(=O)n(CC(=O)Nc3cc(Cl)ccc3C)c(=S)[nH]c2s1. The van der Waals surface area contributed by atoms with Crippen LogP contribution in [0, 0.1) is 11.7 Å². The fourth-order valence-corrected chi connectivity index (χ4v) is 3.95. The van der Waals surface area contributed by atoms with Gasteiger partial charge in [0.2, 0.25) is 5.91 Å². The number of H-pyrrole nitrogens is 1. The molecule has 25 heavy (non-hydrogen) atoms. The third-order valence-corrected chi connectivity index (χ3v) is 5.60. The molecular formula is C17H16ClN3O2S2. The van der Waals surface area contributed by atoms with Gasteiger partial charge in [-0.3, -0.25) is 14.2 Å². The van der Waals surface area contributed by atoms with Crippen molar-refractivity contribution < 1.29 is 4.79 Å². The number of carbonyl (C=O) groups excluding carboxylic acids is 1. The fourth-order valence-electron chi connectivity index (χ4n) is 2.48. The first kappa shape index (κ1) is 17.8. The molecule has 1 aromatic carbocycles. The van der Waals surface area contributed by atoms with Crippen molar-refractivity contribution in [1.82, 2.24) is 9.55 Å². The molecule has 0 aliphatic heterocycles. The molecule has 130 valence electrons. The minimum absolute atomic E-state index is 0.159. The Kier molecular flexibility index (Phi) is 5.08. The molecule has 0 radical (unpaired) electrons. The van der Waals surface area contributed by atoms with E-state index in [4.69, 9.17) is 23.8 Å². The van der Waals surface area contributed by atoms with E-state index in [1.54, 1.807) is 12.1 Å². The predicted octanol–water partition coefficient (Wildman–Crippen LogP) is 4.28. The van der Waals surface area contributed by atoms with Crippen molar-refractivity contribution in [1.29, 1.82) is 0 Å². The van der Waals surface area contributed by atoms with Crippen LogP contribution in [-0.4, -0.2) is 15.5 Å². The van der Waals surface area contributed by atoms with Gasteiger partial charge in [-0.2, -0.15) is 0 Å². The van der Waals surface area contributed by atoms with Crippen molar-refractivity contribution in [3.63, 3.8) is 0 Å². The second kappa shape index (κ2) is 7.11. The standard InChI is InChI=1S/C17H16ClN3O2S2/c1-3-11-7-12-15(25-11)20-17(24)21(16(12)23)8-14(22)19-13-6-10(18)5-4-9(13)2/h4-7H,3,8H2,1-2H3,(H,19,22)(H,20,24). The van der Waals surface area contributed by atoms with Crippen molar-refractivity contribution in [3.8, 4) is 0 Å². The van der Waals surface area contributed by atoms with E-state index in [2.05, 4.69) is 10.3 Å². The number of aryl methyl sites for hydroxylation is 2. The van der Waals surface area contributed by atoms with Crippen molar-refractivity contribution in [2.45, 2.75) is 26.8 Å². The molecule has 0 aliphatic rings. The largest absolute Gasteiger partial charge is 0.324 e. The second-order valence-corrected chi connectivity index (χ2v) is 7.60. The zero-order valence-corrected chi connectivity index (χ0v) is 16.1. The average molecular weight is 394 g/mol. The first-order valence-electron chi connectivity index (χ1n) is 7.70. The molecule has 0 bridgehead atoms. The third-order valence-electron chi connectivity index (χ3n) is 3.85. The third kappa shape index (κ3) is 3.68. The number of thiophene rings is 1. The van der Waals surface area contributed by atoms with E-state index in [9.17, 15) is 9.59 Å². The number of nitrogens with zero attached hydrogens (tertiary/aromatic N) is 1. The quantitative estimate of drug-likeness (QED) is 0.650. The Morgan fingerprint density at radius 2 is 2.16 bits per heavy atom. The van der Waals surface area contributed by atoms with Crippen LogP contribution in [0.15, 0.2) is 29.1 Å². The molecule has 2 N–H and O–H groups in total. The summed E-state index contributed by atoms with van der Waals surface area (Å²) in [5.74, 6) is -0.336. The van der Waals surface area contributed by atoms with Crippen LogP contribution in [0.5, 0.6) is 0 Å². The number of hydrogen-bond donors (Lipinski definition) is 2. The molecule has 3 aromatic rings. The highest BCUT2D eigenvalue weighted by Crippen LogP contribution is 2.22. The molecule has 0 atom stereocenters. The first-order valence-corrected chi connectivity index (χ1v) is 9.31. The summed E-state index contributed by atoms with van der Waals surface area (Å²) in [6.45, 7) is 3.74. The normalized spacial score (nSPS) is 11.0.